The molecule has 3 aromatic carbocycles. The van der Waals surface area contributed by atoms with Crippen LogP contribution in [0.3, 0.4) is 0 Å². The molecule has 4 aromatic rings. The first kappa shape index (κ1) is 29.4. The van der Waals surface area contributed by atoms with Crippen LogP contribution in [-0.2, 0) is 10.4 Å². The largest absolute Gasteiger partial charge is 0.481 e. The predicted octanol–water partition coefficient (Wildman–Crippen LogP) is 8.65. The molecule has 1 aliphatic carbocycles. The third kappa shape index (κ3) is 7.59. The molecule has 1 heterocycles. The zero-order chi connectivity index (χ0) is 29.0. The summed E-state index contributed by atoms with van der Waals surface area (Å²) in [6, 6.07) is 26.4. The molecule has 4 nitrogen and oxygen atoms in total. The summed E-state index contributed by atoms with van der Waals surface area (Å²) in [5.74, 6) is 0.952. The van der Waals surface area contributed by atoms with E-state index >= 15 is 0 Å². The van der Waals surface area contributed by atoms with E-state index in [0.29, 0.717) is 16.7 Å². The van der Waals surface area contributed by atoms with Crippen molar-refractivity contribution in [1.82, 2.24) is 4.98 Å². The number of halogens is 1. The molecular formula is C35H36ClNO3S. The van der Waals surface area contributed by atoms with Gasteiger partial charge in [-0.2, -0.15) is 11.8 Å². The van der Waals surface area contributed by atoms with E-state index in [1.54, 1.807) is 11.8 Å². The molecule has 5 rings (SSSR count). The molecule has 0 bridgehead atoms. The van der Waals surface area contributed by atoms with E-state index in [9.17, 15) is 15.0 Å². The van der Waals surface area contributed by atoms with Crippen LogP contribution in [0.4, 0.5) is 0 Å². The molecular weight excluding hydrogens is 550 g/mol. The van der Waals surface area contributed by atoms with Crippen LogP contribution in [-0.4, -0.2) is 32.7 Å². The molecule has 0 spiro atoms. The van der Waals surface area contributed by atoms with E-state index in [1.165, 1.54) is 5.56 Å². The molecule has 0 saturated heterocycles. The Labute approximate surface area is 251 Å². The Morgan fingerprint density at radius 3 is 2.59 bits per heavy atom. The number of nitrogens with zero attached hydrogens (tertiary/aromatic N) is 1. The highest BCUT2D eigenvalue weighted by Crippen LogP contribution is 2.40. The highest BCUT2D eigenvalue weighted by molar-refractivity contribution is 7.99. The summed E-state index contributed by atoms with van der Waals surface area (Å²) in [4.78, 5) is 16.5. The van der Waals surface area contributed by atoms with Gasteiger partial charge in [-0.3, -0.25) is 4.79 Å². The van der Waals surface area contributed by atoms with E-state index in [4.69, 9.17) is 16.6 Å². The van der Waals surface area contributed by atoms with E-state index in [1.807, 2.05) is 68.5 Å². The third-order valence-electron chi connectivity index (χ3n) is 7.79. The number of aliphatic hydroxyl groups is 1. The van der Waals surface area contributed by atoms with Crippen LogP contribution in [0, 0.1) is 11.8 Å². The first-order valence-corrected chi connectivity index (χ1v) is 15.7. The molecule has 2 N–H and O–H groups in total. The summed E-state index contributed by atoms with van der Waals surface area (Å²) in [7, 11) is 0. The van der Waals surface area contributed by atoms with Crippen LogP contribution in [0.5, 0.6) is 0 Å². The number of benzene rings is 3. The number of hydrogen-bond acceptors (Lipinski definition) is 4. The minimum Gasteiger partial charge on any atom is -0.481 e. The first-order chi connectivity index (χ1) is 19.7. The molecule has 1 saturated carbocycles. The fraction of sp³-hybridized carbons (Fsp3) is 0.314. The van der Waals surface area contributed by atoms with Gasteiger partial charge in [0.1, 0.15) is 0 Å². The van der Waals surface area contributed by atoms with Gasteiger partial charge in [-0.1, -0.05) is 78.3 Å². The fourth-order valence-corrected chi connectivity index (χ4v) is 6.84. The Morgan fingerprint density at radius 2 is 1.83 bits per heavy atom. The fourth-order valence-electron chi connectivity index (χ4n) is 5.44. The standard InChI is InChI=1S/C35H36ClNO3S/c1-35(2,40)32-9-4-3-8-30(32)29(18-19-41-22-31(34(38)39)24-11-12-24)26-7-5-6-23(20-26)10-16-28-17-14-25-13-15-27(36)21-33(25)37-28/h3-10,13-17,20-21,24,29,31,40H,11-12,18-19,22H2,1-2H3,(H,38,39)/b16-10+. The molecule has 1 aromatic heterocycles. The highest BCUT2D eigenvalue weighted by atomic mass is 35.5. The van der Waals surface area contributed by atoms with Crippen LogP contribution in [0.25, 0.3) is 23.1 Å². The van der Waals surface area contributed by atoms with Crippen molar-refractivity contribution in [2.75, 3.05) is 11.5 Å². The monoisotopic (exact) mass is 585 g/mol. The maximum atomic E-state index is 11.7. The van der Waals surface area contributed by atoms with Gasteiger partial charge in [-0.05, 0) is 91.3 Å². The van der Waals surface area contributed by atoms with Crippen molar-refractivity contribution in [3.63, 3.8) is 0 Å². The van der Waals surface area contributed by atoms with Gasteiger partial charge in [0.15, 0.2) is 0 Å². The van der Waals surface area contributed by atoms with Crippen molar-refractivity contribution in [3.05, 3.63) is 112 Å². The zero-order valence-electron chi connectivity index (χ0n) is 23.5. The van der Waals surface area contributed by atoms with Crippen molar-refractivity contribution in [3.8, 4) is 0 Å². The third-order valence-corrected chi connectivity index (χ3v) is 9.14. The van der Waals surface area contributed by atoms with Gasteiger partial charge in [0.05, 0.1) is 22.7 Å². The van der Waals surface area contributed by atoms with Crippen LogP contribution in [0.2, 0.25) is 5.02 Å². The minimum absolute atomic E-state index is 0.0589. The number of aromatic nitrogens is 1. The van der Waals surface area contributed by atoms with Gasteiger partial charge in [0.2, 0.25) is 0 Å². The first-order valence-electron chi connectivity index (χ1n) is 14.2. The zero-order valence-corrected chi connectivity index (χ0v) is 25.0. The summed E-state index contributed by atoms with van der Waals surface area (Å²) >= 11 is 7.90. The lowest BCUT2D eigenvalue weighted by atomic mass is 9.81. The topological polar surface area (TPSA) is 70.4 Å². The second-order valence-corrected chi connectivity index (χ2v) is 13.0. The molecule has 2 unspecified atom stereocenters. The highest BCUT2D eigenvalue weighted by Gasteiger charge is 2.36. The number of carboxylic acid groups (broad SMARTS) is 1. The Hall–Kier alpha value is -3.12. The predicted molar refractivity (Wildman–Crippen MR) is 171 cm³/mol. The van der Waals surface area contributed by atoms with Crippen LogP contribution in [0.1, 0.15) is 67.0 Å². The number of carboxylic acids is 1. The SMILES string of the molecule is CC(C)(O)c1ccccc1C(CCSCC(C(=O)O)C1CC1)c1cccc(/C=C/c2ccc3ccc(Cl)cc3n2)c1. The number of carbonyl (C=O) groups is 1. The Kier molecular flexibility index (Phi) is 9.18. The summed E-state index contributed by atoms with van der Waals surface area (Å²) in [6.45, 7) is 3.65. The van der Waals surface area contributed by atoms with E-state index in [-0.39, 0.29) is 11.8 Å². The molecule has 1 fully saturated rings. The van der Waals surface area contributed by atoms with Gasteiger partial charge in [-0.15, -0.1) is 0 Å². The van der Waals surface area contributed by atoms with E-state index in [2.05, 4.69) is 36.4 Å². The summed E-state index contributed by atoms with van der Waals surface area (Å²) in [5.41, 5.74) is 4.98. The van der Waals surface area contributed by atoms with Crippen LogP contribution >= 0.6 is 23.4 Å². The normalized spacial score (nSPS) is 15.3. The second-order valence-electron chi connectivity index (χ2n) is 11.4. The lowest BCUT2D eigenvalue weighted by Gasteiger charge is -2.27. The lowest BCUT2D eigenvalue weighted by Crippen LogP contribution is -2.20. The molecule has 6 heteroatoms. The van der Waals surface area contributed by atoms with Crippen LogP contribution < -0.4 is 0 Å². The molecule has 0 radical (unpaired) electrons. The quantitative estimate of drug-likeness (QED) is 0.163. The maximum Gasteiger partial charge on any atom is 0.307 e. The number of rotatable bonds is 12. The minimum atomic E-state index is -0.982. The average molecular weight is 586 g/mol. The smallest absolute Gasteiger partial charge is 0.307 e. The summed E-state index contributed by atoms with van der Waals surface area (Å²) in [5, 5.41) is 22.4. The molecule has 2 atom stereocenters. The number of thioether (sulfide) groups is 1. The van der Waals surface area contributed by atoms with Gasteiger partial charge >= 0.3 is 5.97 Å². The van der Waals surface area contributed by atoms with Crippen molar-refractivity contribution in [2.24, 2.45) is 11.8 Å². The number of hydrogen-bond donors (Lipinski definition) is 2. The molecule has 0 aliphatic heterocycles. The molecule has 41 heavy (non-hydrogen) atoms. The number of aliphatic carboxylic acids is 1. The Morgan fingerprint density at radius 1 is 1.05 bits per heavy atom. The van der Waals surface area contributed by atoms with E-state index in [0.717, 1.165) is 58.3 Å². The number of fused-ring (bicyclic) bond motifs is 1. The molecule has 0 amide bonds. The summed E-state index contributed by atoms with van der Waals surface area (Å²) < 4.78 is 0. The van der Waals surface area contributed by atoms with Gasteiger partial charge in [0.25, 0.3) is 0 Å². The Balaban J connectivity index is 1.40. The van der Waals surface area contributed by atoms with Crippen LogP contribution in [0.15, 0.2) is 78.9 Å². The molecule has 1 aliphatic rings. The van der Waals surface area contributed by atoms with Gasteiger partial charge in [0, 0.05) is 22.1 Å². The Bertz CT molecular complexity index is 1560. The summed E-state index contributed by atoms with van der Waals surface area (Å²) in [6.07, 6.45) is 6.99. The van der Waals surface area contributed by atoms with Gasteiger partial charge in [-0.25, -0.2) is 4.98 Å². The number of pyridine rings is 1. The van der Waals surface area contributed by atoms with Crippen molar-refractivity contribution < 1.29 is 15.0 Å². The van der Waals surface area contributed by atoms with Crippen molar-refractivity contribution in [2.45, 2.75) is 44.6 Å². The molecule has 212 valence electrons. The van der Waals surface area contributed by atoms with E-state index < -0.39 is 11.6 Å². The van der Waals surface area contributed by atoms with Crippen molar-refractivity contribution >= 4 is 52.4 Å². The van der Waals surface area contributed by atoms with Crippen molar-refractivity contribution in [1.29, 1.82) is 0 Å². The van der Waals surface area contributed by atoms with Gasteiger partial charge < -0.3 is 10.2 Å². The maximum absolute atomic E-state index is 11.7. The second kappa shape index (κ2) is 12.8. The average Bonchev–Trinajstić information content (AvgIpc) is 3.78. The lowest BCUT2D eigenvalue weighted by molar-refractivity contribution is -0.141.